The Morgan fingerprint density at radius 2 is 1.73 bits per heavy atom. The fourth-order valence-electron chi connectivity index (χ4n) is 2.73. The third kappa shape index (κ3) is 7.59. The number of hydrogen-bond acceptors (Lipinski definition) is 5. The number of anilines is 1. The number of carbonyl (C=O) groups is 1. The molecule has 0 bridgehead atoms. The van der Waals surface area contributed by atoms with Crippen LogP contribution < -0.4 is 19.1 Å². The first-order valence-corrected chi connectivity index (χ1v) is 11.8. The first kappa shape index (κ1) is 24.1. The van der Waals surface area contributed by atoms with E-state index in [2.05, 4.69) is 5.32 Å². The van der Waals surface area contributed by atoms with E-state index in [0.717, 1.165) is 6.26 Å². The topological polar surface area (TPSA) is 84.9 Å². The van der Waals surface area contributed by atoms with Crippen LogP contribution in [0.25, 0.3) is 0 Å². The maximum absolute atomic E-state index is 12.1. The molecular weight excluding hydrogens is 451 g/mol. The van der Waals surface area contributed by atoms with E-state index in [-0.39, 0.29) is 25.5 Å². The van der Waals surface area contributed by atoms with E-state index in [4.69, 9.17) is 32.7 Å². The van der Waals surface area contributed by atoms with Crippen LogP contribution >= 0.6 is 23.2 Å². The number of carbonyl (C=O) groups excluding carboxylic acids is 1. The Morgan fingerprint density at radius 1 is 1.10 bits per heavy atom. The molecule has 1 N–H and O–H groups in total. The number of amides is 1. The van der Waals surface area contributed by atoms with Gasteiger partial charge in [-0.25, -0.2) is 8.42 Å². The van der Waals surface area contributed by atoms with E-state index >= 15 is 0 Å². The highest BCUT2D eigenvalue weighted by Crippen LogP contribution is 2.27. The molecule has 0 fully saturated rings. The number of benzene rings is 2. The fourth-order valence-corrected chi connectivity index (χ4v) is 4.19. The minimum Gasteiger partial charge on any atom is -0.493 e. The van der Waals surface area contributed by atoms with Gasteiger partial charge in [0.1, 0.15) is 6.61 Å². The third-order valence-corrected chi connectivity index (χ3v) is 5.68. The molecule has 0 aliphatic rings. The van der Waals surface area contributed by atoms with Gasteiger partial charge in [0.05, 0.1) is 25.6 Å². The van der Waals surface area contributed by atoms with Gasteiger partial charge in [0.15, 0.2) is 11.5 Å². The van der Waals surface area contributed by atoms with Crippen molar-refractivity contribution in [3.8, 4) is 11.5 Å². The van der Waals surface area contributed by atoms with Crippen molar-refractivity contribution in [3.63, 3.8) is 0 Å². The number of sulfonamides is 1. The molecule has 0 aliphatic carbocycles. The van der Waals surface area contributed by atoms with E-state index in [1.54, 1.807) is 19.2 Å². The first-order valence-electron chi connectivity index (χ1n) is 9.17. The van der Waals surface area contributed by atoms with Crippen molar-refractivity contribution in [1.82, 2.24) is 5.32 Å². The second-order valence-corrected chi connectivity index (χ2v) is 9.20. The lowest BCUT2D eigenvalue weighted by Crippen LogP contribution is -2.33. The van der Waals surface area contributed by atoms with Gasteiger partial charge in [-0.2, -0.15) is 0 Å². The normalized spacial score (nSPS) is 11.1. The third-order valence-electron chi connectivity index (χ3n) is 4.05. The largest absolute Gasteiger partial charge is 0.493 e. The second kappa shape index (κ2) is 11.3. The Labute approximate surface area is 186 Å². The van der Waals surface area contributed by atoms with Crippen molar-refractivity contribution < 1.29 is 22.7 Å². The van der Waals surface area contributed by atoms with E-state index < -0.39 is 10.0 Å². The summed E-state index contributed by atoms with van der Waals surface area (Å²) in [5.41, 5.74) is 0.362. The van der Waals surface area contributed by atoms with Gasteiger partial charge in [-0.3, -0.25) is 9.10 Å². The monoisotopic (exact) mass is 474 g/mol. The Balaban J connectivity index is 1.80. The van der Waals surface area contributed by atoms with Crippen LogP contribution in [0.2, 0.25) is 10.0 Å². The highest BCUT2D eigenvalue weighted by molar-refractivity contribution is 7.92. The predicted molar refractivity (Wildman–Crippen MR) is 119 cm³/mol. The molecule has 0 spiro atoms. The number of halogens is 2. The van der Waals surface area contributed by atoms with Gasteiger partial charge in [-0.15, -0.1) is 0 Å². The number of nitrogens with zero attached hydrogens (tertiary/aromatic N) is 1. The van der Waals surface area contributed by atoms with Gasteiger partial charge in [0.2, 0.25) is 15.9 Å². The molecular formula is C20H24Cl2N2O5S. The lowest BCUT2D eigenvalue weighted by Gasteiger charge is -2.22. The number of rotatable bonds is 11. The van der Waals surface area contributed by atoms with Crippen molar-refractivity contribution in [1.29, 1.82) is 0 Å². The van der Waals surface area contributed by atoms with E-state index in [0.29, 0.717) is 40.2 Å². The Kier molecular flexibility index (Phi) is 9.08. The zero-order valence-electron chi connectivity index (χ0n) is 16.7. The molecule has 0 aliphatic heterocycles. The summed E-state index contributed by atoms with van der Waals surface area (Å²) in [7, 11) is -2.00. The molecule has 0 saturated carbocycles. The molecule has 0 saturated heterocycles. The van der Waals surface area contributed by atoms with Crippen LogP contribution in [0, 0.1) is 0 Å². The van der Waals surface area contributed by atoms with Crippen LogP contribution in [0.5, 0.6) is 11.5 Å². The lowest BCUT2D eigenvalue weighted by atomic mass is 10.2. The molecule has 10 heteroatoms. The Hall–Kier alpha value is -2.16. The summed E-state index contributed by atoms with van der Waals surface area (Å²) in [5.74, 6) is 1.01. The van der Waals surface area contributed by atoms with Gasteiger partial charge >= 0.3 is 0 Å². The predicted octanol–water partition coefficient (Wildman–Crippen LogP) is 3.74. The molecule has 2 aromatic carbocycles. The fraction of sp³-hybridized carbons (Fsp3) is 0.350. The summed E-state index contributed by atoms with van der Waals surface area (Å²) < 4.78 is 36.3. The minimum absolute atomic E-state index is 0.126. The van der Waals surface area contributed by atoms with Crippen molar-refractivity contribution in [2.75, 3.05) is 37.4 Å². The number of hydrogen-bond donors (Lipinski definition) is 1. The van der Waals surface area contributed by atoms with Gasteiger partial charge in [0, 0.05) is 23.0 Å². The van der Waals surface area contributed by atoms with Crippen LogP contribution in [0.15, 0.2) is 42.5 Å². The molecule has 30 heavy (non-hydrogen) atoms. The summed E-state index contributed by atoms with van der Waals surface area (Å²) in [4.78, 5) is 12.1. The van der Waals surface area contributed by atoms with Crippen LogP contribution in [0.1, 0.15) is 12.8 Å². The maximum atomic E-state index is 12.1. The summed E-state index contributed by atoms with van der Waals surface area (Å²) in [5, 5.41) is 3.41. The quantitative estimate of drug-likeness (QED) is 0.501. The second-order valence-electron chi connectivity index (χ2n) is 6.42. The van der Waals surface area contributed by atoms with E-state index in [1.807, 2.05) is 12.1 Å². The molecule has 2 aromatic rings. The van der Waals surface area contributed by atoms with Gasteiger partial charge < -0.3 is 14.8 Å². The number of methoxy groups -OCH3 is 1. The SMILES string of the molecule is COc1ccccc1OCCNC(=O)CCCN(c1cc(Cl)cc(Cl)c1)S(C)(=O)=O. The Bertz CT molecular complexity index is 949. The molecule has 2 rings (SSSR count). The molecule has 0 aromatic heterocycles. The highest BCUT2D eigenvalue weighted by Gasteiger charge is 2.18. The van der Waals surface area contributed by atoms with Crippen molar-refractivity contribution in [2.24, 2.45) is 0 Å². The van der Waals surface area contributed by atoms with Crippen molar-refractivity contribution >= 4 is 44.8 Å². The zero-order valence-corrected chi connectivity index (χ0v) is 19.1. The first-order chi connectivity index (χ1) is 14.2. The van der Waals surface area contributed by atoms with Crippen molar-refractivity contribution in [2.45, 2.75) is 12.8 Å². The van der Waals surface area contributed by atoms with Crippen LogP contribution in [0.3, 0.4) is 0 Å². The number of ether oxygens (including phenoxy) is 2. The summed E-state index contributed by atoms with van der Waals surface area (Å²) in [6.45, 7) is 0.722. The standard InChI is InChI=1S/C20H24Cl2N2O5S/c1-28-18-6-3-4-7-19(18)29-11-9-23-20(25)8-5-10-24(30(2,26)27)17-13-15(21)12-16(22)14-17/h3-4,6-7,12-14H,5,8-11H2,1-2H3,(H,23,25). The van der Waals surface area contributed by atoms with Gasteiger partial charge in [0.25, 0.3) is 0 Å². The average molecular weight is 475 g/mol. The Morgan fingerprint density at radius 3 is 2.33 bits per heavy atom. The summed E-state index contributed by atoms with van der Waals surface area (Å²) in [6, 6.07) is 11.8. The summed E-state index contributed by atoms with van der Waals surface area (Å²) in [6.07, 6.45) is 1.59. The number of para-hydroxylation sites is 2. The maximum Gasteiger partial charge on any atom is 0.232 e. The molecule has 164 valence electrons. The molecule has 7 nitrogen and oxygen atoms in total. The molecule has 0 atom stereocenters. The van der Waals surface area contributed by atoms with E-state index in [9.17, 15) is 13.2 Å². The summed E-state index contributed by atoms with van der Waals surface area (Å²) >= 11 is 11.9. The molecule has 1 amide bonds. The van der Waals surface area contributed by atoms with E-state index in [1.165, 1.54) is 22.5 Å². The number of nitrogens with one attached hydrogen (secondary N) is 1. The van der Waals surface area contributed by atoms with Gasteiger partial charge in [-0.05, 0) is 36.8 Å². The van der Waals surface area contributed by atoms with Crippen LogP contribution in [-0.2, 0) is 14.8 Å². The highest BCUT2D eigenvalue weighted by atomic mass is 35.5. The van der Waals surface area contributed by atoms with Crippen LogP contribution in [0.4, 0.5) is 5.69 Å². The lowest BCUT2D eigenvalue weighted by molar-refractivity contribution is -0.121. The van der Waals surface area contributed by atoms with Crippen LogP contribution in [-0.4, -0.2) is 47.4 Å². The molecule has 0 unspecified atom stereocenters. The van der Waals surface area contributed by atoms with Gasteiger partial charge in [-0.1, -0.05) is 35.3 Å². The average Bonchev–Trinajstić information content (AvgIpc) is 2.67. The molecule has 0 heterocycles. The zero-order chi connectivity index (χ0) is 22.1. The van der Waals surface area contributed by atoms with Crippen molar-refractivity contribution in [3.05, 3.63) is 52.5 Å². The smallest absolute Gasteiger partial charge is 0.232 e. The minimum atomic E-state index is -3.56. The molecule has 0 radical (unpaired) electrons.